The molecule has 1 saturated heterocycles. The number of hydrogen-bond acceptors (Lipinski definition) is 7. The number of methoxy groups -OCH3 is 1. The highest BCUT2D eigenvalue weighted by molar-refractivity contribution is 5.95. The lowest BCUT2D eigenvalue weighted by molar-refractivity contribution is 0.130. The van der Waals surface area contributed by atoms with Crippen molar-refractivity contribution in [3.63, 3.8) is 0 Å². The summed E-state index contributed by atoms with van der Waals surface area (Å²) in [6.45, 7) is 4.69. The van der Waals surface area contributed by atoms with Gasteiger partial charge in [0, 0.05) is 37.3 Å². The van der Waals surface area contributed by atoms with E-state index >= 15 is 0 Å². The minimum atomic E-state index is -0.173. The fourth-order valence-electron chi connectivity index (χ4n) is 5.49. The standard InChI is InChI=1S/C30H33N5O3/c1-37-16-14-35-12-9-21(10-13-35)20-4-6-24(7-5-20)33-29-28-22(8-11-31-30(28)36)17-26(34-29)23-18-27-25(32-19-23)3-2-15-38-27/h4-8,11,17-19,21H,2-3,9-10,12-16H2,1H3,(H,31,36)(H,33,34). The Labute approximate surface area is 222 Å². The summed E-state index contributed by atoms with van der Waals surface area (Å²) in [4.78, 5) is 27.6. The topological polar surface area (TPSA) is 92.4 Å². The fraction of sp³-hybridized carbons (Fsp3) is 0.367. The highest BCUT2D eigenvalue weighted by atomic mass is 16.5. The molecule has 1 fully saturated rings. The highest BCUT2D eigenvalue weighted by Crippen LogP contribution is 2.33. The van der Waals surface area contributed by atoms with Gasteiger partial charge >= 0.3 is 0 Å². The summed E-state index contributed by atoms with van der Waals surface area (Å²) in [7, 11) is 1.76. The molecule has 2 N–H and O–H groups in total. The number of pyridine rings is 3. The van der Waals surface area contributed by atoms with Crippen molar-refractivity contribution in [3.05, 3.63) is 76.5 Å². The molecule has 0 radical (unpaired) electrons. The van der Waals surface area contributed by atoms with Crippen LogP contribution in [0.1, 0.15) is 36.4 Å². The number of hydrogen-bond donors (Lipinski definition) is 2. The van der Waals surface area contributed by atoms with E-state index in [2.05, 4.69) is 44.5 Å². The monoisotopic (exact) mass is 511 g/mol. The summed E-state index contributed by atoms with van der Waals surface area (Å²) in [5, 5.41) is 4.77. The molecule has 0 bridgehead atoms. The number of aromatic nitrogens is 3. The molecule has 8 nitrogen and oxygen atoms in total. The minimum absolute atomic E-state index is 0.173. The molecule has 0 saturated carbocycles. The van der Waals surface area contributed by atoms with Crippen molar-refractivity contribution in [3.8, 4) is 17.0 Å². The van der Waals surface area contributed by atoms with Gasteiger partial charge in [-0.15, -0.1) is 0 Å². The number of likely N-dealkylation sites (tertiary alicyclic amines) is 1. The highest BCUT2D eigenvalue weighted by Gasteiger charge is 2.21. The number of piperidine rings is 1. The summed E-state index contributed by atoms with van der Waals surface area (Å²) in [6.07, 6.45) is 7.72. The first-order valence-electron chi connectivity index (χ1n) is 13.4. The smallest absolute Gasteiger partial charge is 0.259 e. The lowest BCUT2D eigenvalue weighted by atomic mass is 9.89. The van der Waals surface area contributed by atoms with Crippen LogP contribution in [-0.2, 0) is 11.2 Å². The van der Waals surface area contributed by atoms with Crippen LogP contribution in [0.4, 0.5) is 11.5 Å². The van der Waals surface area contributed by atoms with Gasteiger partial charge in [0.25, 0.3) is 5.56 Å². The zero-order valence-corrected chi connectivity index (χ0v) is 21.7. The normalized spacial score (nSPS) is 16.2. The average Bonchev–Trinajstić information content (AvgIpc) is 2.96. The first kappa shape index (κ1) is 24.6. The van der Waals surface area contributed by atoms with Crippen molar-refractivity contribution in [1.29, 1.82) is 0 Å². The van der Waals surface area contributed by atoms with Crippen LogP contribution in [0, 0.1) is 0 Å². The van der Waals surface area contributed by atoms with Crippen LogP contribution in [0.5, 0.6) is 5.75 Å². The van der Waals surface area contributed by atoms with Crippen LogP contribution in [0.3, 0.4) is 0 Å². The Bertz CT molecular complexity index is 1480. The number of nitrogens with zero attached hydrogens (tertiary/aromatic N) is 3. The van der Waals surface area contributed by atoms with Crippen molar-refractivity contribution in [2.45, 2.75) is 31.6 Å². The molecule has 6 rings (SSSR count). The number of aromatic amines is 1. The largest absolute Gasteiger partial charge is 0.492 e. The predicted octanol–water partition coefficient (Wildman–Crippen LogP) is 4.88. The van der Waals surface area contributed by atoms with E-state index in [4.69, 9.17) is 14.5 Å². The van der Waals surface area contributed by atoms with Crippen molar-refractivity contribution >= 4 is 22.3 Å². The second-order valence-corrected chi connectivity index (χ2v) is 10.1. The zero-order valence-electron chi connectivity index (χ0n) is 21.7. The van der Waals surface area contributed by atoms with Gasteiger partial charge in [0.2, 0.25) is 0 Å². The summed E-state index contributed by atoms with van der Waals surface area (Å²) in [5.41, 5.74) is 4.66. The van der Waals surface area contributed by atoms with Gasteiger partial charge in [-0.2, -0.15) is 0 Å². The third-order valence-corrected chi connectivity index (χ3v) is 7.64. The van der Waals surface area contributed by atoms with Crippen LogP contribution >= 0.6 is 0 Å². The van der Waals surface area contributed by atoms with Crippen molar-refractivity contribution in [1.82, 2.24) is 19.9 Å². The van der Waals surface area contributed by atoms with Gasteiger partial charge in [-0.3, -0.25) is 9.78 Å². The van der Waals surface area contributed by atoms with Gasteiger partial charge in [0.15, 0.2) is 0 Å². The molecule has 5 heterocycles. The molecule has 0 spiro atoms. The Balaban J connectivity index is 1.26. The maximum atomic E-state index is 12.8. The molecule has 1 aromatic carbocycles. The SMILES string of the molecule is COCCN1CCC(c2ccc(Nc3nc(-c4cnc5c(c4)OCCC5)cc4cc[nH]c(=O)c34)cc2)CC1. The summed E-state index contributed by atoms with van der Waals surface area (Å²) >= 11 is 0. The predicted molar refractivity (Wildman–Crippen MR) is 149 cm³/mol. The fourth-order valence-corrected chi connectivity index (χ4v) is 5.49. The first-order chi connectivity index (χ1) is 18.7. The molecular formula is C30H33N5O3. The van der Waals surface area contributed by atoms with E-state index in [0.29, 0.717) is 23.7 Å². The first-order valence-corrected chi connectivity index (χ1v) is 13.4. The summed E-state index contributed by atoms with van der Waals surface area (Å²) < 4.78 is 11.1. The number of benzene rings is 1. The quantitative estimate of drug-likeness (QED) is 0.365. The van der Waals surface area contributed by atoms with Gasteiger partial charge < -0.3 is 24.7 Å². The maximum absolute atomic E-state index is 12.8. The number of H-pyrrole nitrogens is 1. The molecule has 0 atom stereocenters. The average molecular weight is 512 g/mol. The molecule has 3 aromatic heterocycles. The second kappa shape index (κ2) is 10.9. The van der Waals surface area contributed by atoms with E-state index in [1.165, 1.54) is 5.56 Å². The lowest BCUT2D eigenvalue weighted by Crippen LogP contribution is -2.35. The Hall–Kier alpha value is -3.75. The van der Waals surface area contributed by atoms with Gasteiger partial charge in [0.1, 0.15) is 11.6 Å². The molecule has 0 unspecified atom stereocenters. The Morgan fingerprint density at radius 2 is 2.00 bits per heavy atom. The van der Waals surface area contributed by atoms with Crippen LogP contribution in [0.25, 0.3) is 22.0 Å². The van der Waals surface area contributed by atoms with Crippen LogP contribution in [0.2, 0.25) is 0 Å². The van der Waals surface area contributed by atoms with E-state index in [0.717, 1.165) is 85.7 Å². The Morgan fingerprint density at radius 3 is 2.82 bits per heavy atom. The number of ether oxygens (including phenoxy) is 2. The molecule has 8 heteroatoms. The Morgan fingerprint density at radius 1 is 1.16 bits per heavy atom. The van der Waals surface area contributed by atoms with Crippen molar-refractivity contribution < 1.29 is 9.47 Å². The van der Waals surface area contributed by atoms with Crippen LogP contribution in [-0.4, -0.2) is 59.8 Å². The molecule has 38 heavy (non-hydrogen) atoms. The summed E-state index contributed by atoms with van der Waals surface area (Å²) in [5.74, 6) is 1.90. The van der Waals surface area contributed by atoms with E-state index in [1.54, 1.807) is 13.3 Å². The Kier molecular flexibility index (Phi) is 7.07. The second-order valence-electron chi connectivity index (χ2n) is 10.1. The maximum Gasteiger partial charge on any atom is 0.259 e. The zero-order chi connectivity index (χ0) is 25.9. The summed E-state index contributed by atoms with van der Waals surface area (Å²) in [6, 6.07) is 14.4. The van der Waals surface area contributed by atoms with E-state index < -0.39 is 0 Å². The molecule has 2 aliphatic rings. The van der Waals surface area contributed by atoms with Crippen molar-refractivity contribution in [2.75, 3.05) is 45.3 Å². The van der Waals surface area contributed by atoms with E-state index in [9.17, 15) is 4.79 Å². The number of nitrogens with one attached hydrogen (secondary N) is 2. The lowest BCUT2D eigenvalue weighted by Gasteiger charge is -2.32. The third-order valence-electron chi connectivity index (χ3n) is 7.64. The van der Waals surface area contributed by atoms with E-state index in [-0.39, 0.29) is 5.56 Å². The molecular weight excluding hydrogens is 478 g/mol. The molecule has 196 valence electrons. The number of rotatable bonds is 7. The molecule has 2 aliphatic heterocycles. The number of aryl methyl sites for hydroxylation is 1. The van der Waals surface area contributed by atoms with E-state index in [1.807, 2.05) is 24.4 Å². The van der Waals surface area contributed by atoms with Gasteiger partial charge in [-0.05, 0) is 86.0 Å². The van der Waals surface area contributed by atoms with Gasteiger partial charge in [0.05, 0.1) is 30.0 Å². The van der Waals surface area contributed by atoms with Gasteiger partial charge in [-0.25, -0.2) is 4.98 Å². The molecule has 0 aliphatic carbocycles. The van der Waals surface area contributed by atoms with Crippen LogP contribution < -0.4 is 15.6 Å². The molecule has 4 aromatic rings. The number of fused-ring (bicyclic) bond motifs is 2. The number of anilines is 2. The van der Waals surface area contributed by atoms with Gasteiger partial charge in [-0.1, -0.05) is 12.1 Å². The molecule has 0 amide bonds. The minimum Gasteiger partial charge on any atom is -0.492 e. The third kappa shape index (κ3) is 5.14. The van der Waals surface area contributed by atoms with Crippen molar-refractivity contribution in [2.24, 2.45) is 0 Å². The van der Waals surface area contributed by atoms with Crippen LogP contribution in [0.15, 0.2) is 59.7 Å².